The summed E-state index contributed by atoms with van der Waals surface area (Å²) >= 11 is 7.48. The summed E-state index contributed by atoms with van der Waals surface area (Å²) in [6.07, 6.45) is 25.1. The number of hydrogen-bond acceptors (Lipinski definition) is 10. The molecule has 59 heavy (non-hydrogen) atoms. The molecule has 0 spiro atoms. The van der Waals surface area contributed by atoms with Crippen molar-refractivity contribution >= 4 is 88.7 Å². The Bertz CT molecular complexity index is 1030. The molecule has 0 aromatic carbocycles. The monoisotopic (exact) mass is 1120 g/mol. The second-order valence-electron chi connectivity index (χ2n) is 15.2. The van der Waals surface area contributed by atoms with E-state index in [9.17, 15) is 19.2 Å². The molecule has 11 nitrogen and oxygen atoms in total. The summed E-state index contributed by atoms with van der Waals surface area (Å²) in [5.41, 5.74) is 9.36. The van der Waals surface area contributed by atoms with E-state index in [1.54, 1.807) is 11.8 Å². The molecule has 0 aromatic heterocycles. The molecule has 0 aliphatic heterocycles. The van der Waals surface area contributed by atoms with Gasteiger partial charge in [0.2, 0.25) is 9.23 Å². The number of hydrogen-bond donors (Lipinski definition) is 3. The summed E-state index contributed by atoms with van der Waals surface area (Å²) < 4.78 is 23.2. The van der Waals surface area contributed by atoms with Crippen LogP contribution in [0.2, 0.25) is 0 Å². The maximum Gasteiger partial charge on any atom is 1.00 e. The van der Waals surface area contributed by atoms with E-state index in [4.69, 9.17) is 36.1 Å². The summed E-state index contributed by atoms with van der Waals surface area (Å²) in [7, 11) is 12.3. The van der Waals surface area contributed by atoms with Crippen LogP contribution in [-0.2, 0) is 53.5 Å². The van der Waals surface area contributed by atoms with Crippen molar-refractivity contribution in [3.63, 3.8) is 0 Å². The summed E-state index contributed by atoms with van der Waals surface area (Å²) in [6, 6.07) is 0. The first-order valence-corrected chi connectivity index (χ1v) is 26.9. The zero-order chi connectivity index (χ0) is 43.1. The van der Waals surface area contributed by atoms with Gasteiger partial charge in [0.25, 0.3) is 0 Å². The van der Waals surface area contributed by atoms with Gasteiger partial charge in [-0.25, -0.2) is 4.21 Å². The third-order valence-corrected chi connectivity index (χ3v) is 12.4. The van der Waals surface area contributed by atoms with E-state index in [2.05, 4.69) is 44.3 Å². The molecule has 6 N–H and O–H groups in total. The van der Waals surface area contributed by atoms with Gasteiger partial charge in [0, 0.05) is 39.1 Å². The van der Waals surface area contributed by atoms with E-state index >= 15 is 0 Å². The third-order valence-electron chi connectivity index (χ3n) is 10.9. The summed E-state index contributed by atoms with van der Waals surface area (Å²) in [5.74, 6) is 4.52. The van der Waals surface area contributed by atoms with Crippen molar-refractivity contribution < 1.29 is 136 Å². The average molecular weight is 1120 g/mol. The molecule has 4 saturated carbocycles. The quantitative estimate of drug-likeness (QED) is 0.0447. The number of thioether (sulfide) groups is 1. The summed E-state index contributed by atoms with van der Waals surface area (Å²) in [5, 5.41) is 8.67. The van der Waals surface area contributed by atoms with Crippen LogP contribution in [0.4, 0.5) is 0 Å². The number of carboxylic acids is 1. The average Bonchev–Trinajstić information content (AvgIpc) is 3.21. The summed E-state index contributed by atoms with van der Waals surface area (Å²) in [4.78, 5) is 44.0. The topological polar surface area (TPSA) is 187 Å². The standard InChI is InChI=1S/C11H21O2S.C9H15ClO2.C9H17NO2.C8H15NO2.C2H6S.Cl2OS.ClH.HI.K/c1-13-11(12)10-6-4-9(5-7-10)8-14(2)3;2*1-12-9(11)8-4-2-7(6-10)3-5-8;9-5-6-1-3-7(4-2-6)8(10)11;1-3-2;1-4(2)3;;;/h9-10H,4-8H2,1-3H3;7-8H,2-6H2,1H3;7-8H,2-6,10H2,1H3;6-7H,1-5,9H2,(H,10,11);1-2H3;;2*1H;/q+1;;;;;;;;+1/p-1. The first-order chi connectivity index (χ1) is 26.6. The number of rotatable bonds is 9. The van der Waals surface area contributed by atoms with Gasteiger partial charge in [-0.05, 0) is 145 Å². The molecular formula is C39H75Cl4IKN2O9S3+. The predicted molar refractivity (Wildman–Crippen MR) is 236 cm³/mol. The molecule has 4 rings (SSSR count). The van der Waals surface area contributed by atoms with Crippen LogP contribution in [-0.4, -0.2) is 104 Å². The number of methoxy groups -OCH3 is 3. The zero-order valence-corrected chi connectivity index (χ0v) is 47.6. The van der Waals surface area contributed by atoms with Crippen molar-refractivity contribution in [2.75, 3.05) is 71.1 Å². The normalized spacial score (nSPS) is 25.5. The smallest absolute Gasteiger partial charge is 1.00 e. The third kappa shape index (κ3) is 37.0. The Kier molecular flexibility index (Phi) is 53.9. The fourth-order valence-electron chi connectivity index (χ4n) is 7.42. The number of quaternary nitrogens is 1. The molecule has 0 amide bonds. The predicted octanol–water partition coefficient (Wildman–Crippen LogP) is -1.87. The van der Waals surface area contributed by atoms with Crippen LogP contribution in [0.15, 0.2) is 0 Å². The molecule has 0 bridgehead atoms. The van der Waals surface area contributed by atoms with Gasteiger partial charge >= 0.3 is 75.3 Å². The molecule has 4 aliphatic rings. The van der Waals surface area contributed by atoms with Gasteiger partial charge in [-0.1, -0.05) is 0 Å². The molecule has 0 radical (unpaired) electrons. The van der Waals surface area contributed by atoms with Crippen LogP contribution in [0.5, 0.6) is 0 Å². The largest absolute Gasteiger partial charge is 1.00 e. The first-order valence-electron chi connectivity index (χ1n) is 19.8. The number of ether oxygens (including phenoxy) is 3. The molecule has 4 fully saturated rings. The van der Waals surface area contributed by atoms with Crippen LogP contribution in [0.1, 0.15) is 103 Å². The van der Waals surface area contributed by atoms with Gasteiger partial charge in [-0.3, -0.25) is 19.2 Å². The number of carbonyl (C=O) groups is 4. The zero-order valence-electron chi connectivity index (χ0n) is 36.9. The van der Waals surface area contributed by atoms with Gasteiger partial charge in [0.05, 0.1) is 64.1 Å². The van der Waals surface area contributed by atoms with Gasteiger partial charge in [-0.2, -0.15) is 11.8 Å². The Labute approximate surface area is 446 Å². The molecule has 0 saturated heterocycles. The van der Waals surface area contributed by atoms with Crippen LogP contribution >= 0.6 is 44.7 Å². The summed E-state index contributed by atoms with van der Waals surface area (Å²) in [6.45, 7) is 1.72. The van der Waals surface area contributed by atoms with Crippen molar-refractivity contribution in [3.05, 3.63) is 0 Å². The number of aliphatic carboxylic acids is 1. The van der Waals surface area contributed by atoms with Crippen molar-refractivity contribution in [2.24, 2.45) is 53.1 Å². The number of carboxylic acid groups (broad SMARTS) is 1. The van der Waals surface area contributed by atoms with Crippen LogP contribution in [0.25, 0.3) is 0 Å². The fraction of sp³-hybridized carbons (Fsp3) is 0.897. The molecule has 0 atom stereocenters. The Morgan fingerprint density at radius 1 is 0.678 bits per heavy atom. The van der Waals surface area contributed by atoms with Crippen LogP contribution in [0, 0.1) is 47.3 Å². The van der Waals surface area contributed by atoms with Crippen molar-refractivity contribution in [2.45, 2.75) is 103 Å². The van der Waals surface area contributed by atoms with Crippen molar-refractivity contribution in [1.82, 2.24) is 0 Å². The van der Waals surface area contributed by atoms with Gasteiger partial charge < -0.3 is 67.2 Å². The van der Waals surface area contributed by atoms with E-state index < -0.39 is 15.2 Å². The minimum absolute atomic E-state index is 0. The minimum atomic E-state index is -1.67. The van der Waals surface area contributed by atoms with E-state index in [1.165, 1.54) is 39.9 Å². The van der Waals surface area contributed by atoms with Crippen LogP contribution in [0.3, 0.4) is 0 Å². The molecule has 4 aliphatic carbocycles. The number of alkyl halides is 1. The maximum atomic E-state index is 11.3. The number of nitrogens with two attached hydrogens (primary N) is 1. The minimum Gasteiger partial charge on any atom is -1.00 e. The number of carbonyl (C=O) groups excluding carboxylic acids is 3. The van der Waals surface area contributed by atoms with Crippen molar-refractivity contribution in [3.8, 4) is 0 Å². The molecule has 348 valence electrons. The SMILES string of the molecule is COC(=O)C1CCC(CCl)CC1.COC(=O)C1CCC(C[NH3+])CC1.COC(=O)C1CCC(C[S+](C)C)CC1.CSC.NCC1CCC(C(=O)O)CC1.O=S(Cl)Cl.[Cl-].[I-].[K+]. The molecule has 0 unspecified atom stereocenters. The van der Waals surface area contributed by atoms with Gasteiger partial charge in [-0.15, -0.1) is 11.6 Å². The van der Waals surface area contributed by atoms with Gasteiger partial charge in [0.15, 0.2) is 0 Å². The Morgan fingerprint density at radius 2 is 0.949 bits per heavy atom. The van der Waals surface area contributed by atoms with Crippen LogP contribution < -0.4 is 99.2 Å². The molecule has 0 heterocycles. The second kappa shape index (κ2) is 45.3. The van der Waals surface area contributed by atoms with E-state index in [1.807, 2.05) is 12.5 Å². The van der Waals surface area contributed by atoms with E-state index in [-0.39, 0.29) is 129 Å². The van der Waals surface area contributed by atoms with E-state index in [0.717, 1.165) is 114 Å². The Hall–Kier alpha value is 2.18. The first kappa shape index (κ1) is 70.2. The molecule has 20 heteroatoms. The van der Waals surface area contributed by atoms with E-state index in [0.29, 0.717) is 29.3 Å². The fourth-order valence-corrected chi connectivity index (χ4v) is 9.01. The van der Waals surface area contributed by atoms with Crippen molar-refractivity contribution in [1.29, 1.82) is 0 Å². The Balaban J connectivity index is -0.000000205. The molecular weight excluding hydrogens is 1040 g/mol. The number of esters is 3. The maximum absolute atomic E-state index is 11.3. The van der Waals surface area contributed by atoms with Gasteiger partial charge in [0.1, 0.15) is 5.75 Å². The second-order valence-corrected chi connectivity index (χ2v) is 21.2. The number of halogens is 5. The molecule has 0 aromatic rings. The Morgan fingerprint density at radius 3 is 1.19 bits per heavy atom.